The van der Waals surface area contributed by atoms with Crippen molar-refractivity contribution >= 4 is 17.5 Å². The third kappa shape index (κ3) is 4.64. The molecular formula is C12H21ClN4O. The van der Waals surface area contributed by atoms with Gasteiger partial charge in [0.05, 0.1) is 6.10 Å². The van der Waals surface area contributed by atoms with Crippen LogP contribution < -0.4 is 9.64 Å². The van der Waals surface area contributed by atoms with Crippen LogP contribution in [-0.4, -0.2) is 34.1 Å². The van der Waals surface area contributed by atoms with Crippen molar-refractivity contribution in [3.8, 4) is 6.01 Å². The molecular weight excluding hydrogens is 252 g/mol. The first-order valence-corrected chi connectivity index (χ1v) is 6.77. The normalized spacial score (nSPS) is 10.8. The zero-order valence-electron chi connectivity index (χ0n) is 11.5. The Kier molecular flexibility index (Phi) is 6.12. The molecule has 0 aliphatic rings. The third-order valence-electron chi connectivity index (χ3n) is 2.19. The van der Waals surface area contributed by atoms with Crippen LogP contribution in [0.2, 0.25) is 5.28 Å². The van der Waals surface area contributed by atoms with Gasteiger partial charge in [-0.1, -0.05) is 13.8 Å². The number of ether oxygens (including phenoxy) is 1. The predicted octanol–water partition coefficient (Wildman–Crippen LogP) is 2.94. The van der Waals surface area contributed by atoms with Crippen molar-refractivity contribution in [3.63, 3.8) is 0 Å². The Hall–Kier alpha value is -1.10. The van der Waals surface area contributed by atoms with Crippen LogP contribution in [0.1, 0.15) is 40.5 Å². The highest BCUT2D eigenvalue weighted by atomic mass is 35.5. The first kappa shape index (κ1) is 15.0. The lowest BCUT2D eigenvalue weighted by atomic mass is 10.4. The second-order valence-electron chi connectivity index (χ2n) is 4.34. The summed E-state index contributed by atoms with van der Waals surface area (Å²) in [5.74, 6) is 0.592. The Morgan fingerprint density at radius 1 is 1.11 bits per heavy atom. The minimum absolute atomic E-state index is 0.0158. The number of rotatable bonds is 7. The largest absolute Gasteiger partial charge is 0.461 e. The molecule has 1 aromatic rings. The van der Waals surface area contributed by atoms with Crippen LogP contribution in [0.15, 0.2) is 0 Å². The molecule has 0 unspecified atom stereocenters. The van der Waals surface area contributed by atoms with Gasteiger partial charge in [-0.3, -0.25) is 0 Å². The average molecular weight is 273 g/mol. The van der Waals surface area contributed by atoms with Crippen molar-refractivity contribution in [1.82, 2.24) is 15.0 Å². The molecule has 1 heterocycles. The summed E-state index contributed by atoms with van der Waals surface area (Å²) in [6.07, 6.45) is 2.08. The van der Waals surface area contributed by atoms with Crippen molar-refractivity contribution in [1.29, 1.82) is 0 Å². The Morgan fingerprint density at radius 2 is 1.72 bits per heavy atom. The van der Waals surface area contributed by atoms with Crippen molar-refractivity contribution in [2.24, 2.45) is 0 Å². The number of halogens is 1. The summed E-state index contributed by atoms with van der Waals surface area (Å²) in [7, 11) is 0. The van der Waals surface area contributed by atoms with Crippen LogP contribution in [0.4, 0.5) is 5.95 Å². The van der Waals surface area contributed by atoms with E-state index in [1.54, 1.807) is 0 Å². The molecule has 102 valence electrons. The maximum atomic E-state index is 5.91. The summed E-state index contributed by atoms with van der Waals surface area (Å²) in [5, 5.41) is 0.174. The Morgan fingerprint density at radius 3 is 2.22 bits per heavy atom. The zero-order valence-corrected chi connectivity index (χ0v) is 12.2. The maximum absolute atomic E-state index is 5.91. The molecule has 0 spiro atoms. The van der Waals surface area contributed by atoms with Crippen molar-refractivity contribution < 1.29 is 4.74 Å². The highest BCUT2D eigenvalue weighted by molar-refractivity contribution is 6.28. The van der Waals surface area contributed by atoms with E-state index in [0.29, 0.717) is 5.95 Å². The monoisotopic (exact) mass is 272 g/mol. The number of aromatic nitrogens is 3. The zero-order chi connectivity index (χ0) is 13.5. The molecule has 0 atom stereocenters. The summed E-state index contributed by atoms with van der Waals surface area (Å²) in [5.41, 5.74) is 0. The molecule has 0 saturated carbocycles. The molecule has 0 radical (unpaired) electrons. The van der Waals surface area contributed by atoms with Gasteiger partial charge in [-0.15, -0.1) is 0 Å². The standard InChI is InChI=1S/C12H21ClN4O/c1-5-7-17(8-6-2)11-14-10(13)15-12(16-11)18-9(3)4/h9H,5-8H2,1-4H3. The number of hydrogen-bond donors (Lipinski definition) is 0. The molecule has 1 aromatic heterocycles. The molecule has 0 aromatic carbocycles. The lowest BCUT2D eigenvalue weighted by Gasteiger charge is -2.21. The molecule has 0 fully saturated rings. The van der Waals surface area contributed by atoms with Gasteiger partial charge in [0, 0.05) is 13.1 Å². The molecule has 18 heavy (non-hydrogen) atoms. The van der Waals surface area contributed by atoms with E-state index in [1.165, 1.54) is 0 Å². The van der Waals surface area contributed by atoms with Crippen LogP contribution in [0, 0.1) is 0 Å². The minimum atomic E-state index is 0.0158. The number of hydrogen-bond acceptors (Lipinski definition) is 5. The molecule has 0 bridgehead atoms. The molecule has 0 N–H and O–H groups in total. The molecule has 0 amide bonds. The summed E-state index contributed by atoms with van der Waals surface area (Å²) < 4.78 is 5.47. The van der Waals surface area contributed by atoms with Gasteiger partial charge in [0.1, 0.15) is 0 Å². The molecule has 6 heteroatoms. The number of nitrogens with zero attached hydrogens (tertiary/aromatic N) is 4. The smallest absolute Gasteiger partial charge is 0.322 e. The maximum Gasteiger partial charge on any atom is 0.322 e. The van der Waals surface area contributed by atoms with E-state index in [1.807, 2.05) is 13.8 Å². The minimum Gasteiger partial charge on any atom is -0.461 e. The van der Waals surface area contributed by atoms with Gasteiger partial charge < -0.3 is 9.64 Å². The van der Waals surface area contributed by atoms with Crippen molar-refractivity contribution in [2.45, 2.75) is 46.6 Å². The van der Waals surface area contributed by atoms with Gasteiger partial charge in [0.2, 0.25) is 11.2 Å². The topological polar surface area (TPSA) is 51.1 Å². The second kappa shape index (κ2) is 7.36. The van der Waals surface area contributed by atoms with Crippen molar-refractivity contribution in [3.05, 3.63) is 5.28 Å². The average Bonchev–Trinajstić information content (AvgIpc) is 2.27. The van der Waals surface area contributed by atoms with Crippen LogP contribution in [0.5, 0.6) is 6.01 Å². The first-order valence-electron chi connectivity index (χ1n) is 6.40. The molecule has 5 nitrogen and oxygen atoms in total. The van der Waals surface area contributed by atoms with Gasteiger partial charge in [-0.2, -0.15) is 15.0 Å². The van der Waals surface area contributed by atoms with E-state index in [2.05, 4.69) is 33.7 Å². The summed E-state index contributed by atoms with van der Waals surface area (Å²) >= 11 is 5.91. The Bertz CT molecular complexity index is 367. The van der Waals surface area contributed by atoms with E-state index in [0.717, 1.165) is 25.9 Å². The fraction of sp³-hybridized carbons (Fsp3) is 0.750. The molecule has 0 aliphatic carbocycles. The van der Waals surface area contributed by atoms with E-state index in [-0.39, 0.29) is 17.4 Å². The van der Waals surface area contributed by atoms with Gasteiger partial charge in [-0.05, 0) is 38.3 Å². The first-order chi connectivity index (χ1) is 8.56. The van der Waals surface area contributed by atoms with E-state index in [9.17, 15) is 0 Å². The molecule has 0 saturated heterocycles. The fourth-order valence-electron chi connectivity index (χ4n) is 1.58. The predicted molar refractivity (Wildman–Crippen MR) is 73.4 cm³/mol. The lowest BCUT2D eigenvalue weighted by molar-refractivity contribution is 0.221. The summed E-state index contributed by atoms with van der Waals surface area (Å²) in [4.78, 5) is 14.5. The fourth-order valence-corrected chi connectivity index (χ4v) is 1.73. The number of anilines is 1. The summed E-state index contributed by atoms with van der Waals surface area (Å²) in [6, 6.07) is 0.289. The Balaban J connectivity index is 2.94. The van der Waals surface area contributed by atoms with Crippen molar-refractivity contribution in [2.75, 3.05) is 18.0 Å². The highest BCUT2D eigenvalue weighted by Gasteiger charge is 2.13. The summed E-state index contributed by atoms with van der Waals surface area (Å²) in [6.45, 7) is 9.89. The quantitative estimate of drug-likeness (QED) is 0.764. The highest BCUT2D eigenvalue weighted by Crippen LogP contribution is 2.16. The van der Waals surface area contributed by atoms with Gasteiger partial charge in [0.15, 0.2) is 0 Å². The molecule has 1 rings (SSSR count). The van der Waals surface area contributed by atoms with E-state index >= 15 is 0 Å². The van der Waals surface area contributed by atoms with Gasteiger partial charge >= 0.3 is 6.01 Å². The van der Waals surface area contributed by atoms with E-state index in [4.69, 9.17) is 16.3 Å². The van der Waals surface area contributed by atoms with Gasteiger partial charge in [0.25, 0.3) is 0 Å². The van der Waals surface area contributed by atoms with Gasteiger partial charge in [-0.25, -0.2) is 0 Å². The lowest BCUT2D eigenvalue weighted by Crippen LogP contribution is -2.27. The Labute approximate surface area is 114 Å². The second-order valence-corrected chi connectivity index (χ2v) is 4.68. The SMILES string of the molecule is CCCN(CCC)c1nc(Cl)nc(OC(C)C)n1. The van der Waals surface area contributed by atoms with E-state index < -0.39 is 0 Å². The van der Waals surface area contributed by atoms with Crippen LogP contribution in [0.3, 0.4) is 0 Å². The molecule has 0 aliphatic heterocycles. The van der Waals surface area contributed by atoms with Crippen LogP contribution >= 0.6 is 11.6 Å². The van der Waals surface area contributed by atoms with Crippen LogP contribution in [0.25, 0.3) is 0 Å². The van der Waals surface area contributed by atoms with Crippen LogP contribution in [-0.2, 0) is 0 Å². The third-order valence-corrected chi connectivity index (χ3v) is 2.36.